The monoisotopic (exact) mass is 554 g/mol. The summed E-state index contributed by atoms with van der Waals surface area (Å²) in [4.78, 5) is 33.2. The molecule has 0 radical (unpaired) electrons. The summed E-state index contributed by atoms with van der Waals surface area (Å²) in [5.74, 6) is -2.47. The number of carbonyl (C=O) groups is 3. The number of unbranched alkanes of at least 4 members (excludes halogenated alkanes) is 14. The zero-order valence-electron chi connectivity index (χ0n) is 25.1. The molecular formula is C32H60NO6+. The molecule has 39 heavy (non-hydrogen) atoms. The van der Waals surface area contributed by atoms with E-state index in [0.717, 1.165) is 19.4 Å². The molecule has 0 atom stereocenters. The van der Waals surface area contributed by atoms with E-state index in [-0.39, 0.29) is 19.3 Å². The number of nitrogens with zero attached hydrogens (tertiary/aromatic N) is 1. The van der Waals surface area contributed by atoms with Gasteiger partial charge >= 0.3 is 17.9 Å². The molecule has 228 valence electrons. The van der Waals surface area contributed by atoms with Crippen LogP contribution in [0.5, 0.6) is 0 Å². The summed E-state index contributed by atoms with van der Waals surface area (Å²) >= 11 is 0. The molecule has 0 saturated heterocycles. The summed E-state index contributed by atoms with van der Waals surface area (Å²) in [5, 5.41) is 27.2. The van der Waals surface area contributed by atoms with Crippen LogP contribution in [-0.2, 0) is 14.4 Å². The first-order chi connectivity index (χ1) is 18.8. The second kappa shape index (κ2) is 26.3. The van der Waals surface area contributed by atoms with E-state index < -0.39 is 17.9 Å². The van der Waals surface area contributed by atoms with Gasteiger partial charge < -0.3 is 19.8 Å². The van der Waals surface area contributed by atoms with E-state index in [1.165, 1.54) is 89.9 Å². The van der Waals surface area contributed by atoms with Crippen LogP contribution in [-0.4, -0.2) is 63.9 Å². The highest BCUT2D eigenvalue weighted by molar-refractivity contribution is 5.67. The van der Waals surface area contributed by atoms with Crippen LogP contribution in [0.3, 0.4) is 0 Å². The van der Waals surface area contributed by atoms with E-state index in [4.69, 9.17) is 15.3 Å². The number of allylic oxidation sites excluding steroid dienone is 2. The Hall–Kier alpha value is -1.89. The molecule has 0 unspecified atom stereocenters. The molecule has 0 saturated carbocycles. The van der Waals surface area contributed by atoms with Gasteiger partial charge in [-0.1, -0.05) is 83.3 Å². The minimum absolute atomic E-state index is 0.0910. The third-order valence-electron chi connectivity index (χ3n) is 7.71. The van der Waals surface area contributed by atoms with Gasteiger partial charge in [0.05, 0.1) is 45.4 Å². The van der Waals surface area contributed by atoms with Crippen LogP contribution in [0.15, 0.2) is 12.2 Å². The Morgan fingerprint density at radius 3 is 1.13 bits per heavy atom. The van der Waals surface area contributed by atoms with Crippen molar-refractivity contribution in [2.24, 2.45) is 0 Å². The fourth-order valence-corrected chi connectivity index (χ4v) is 5.42. The van der Waals surface area contributed by atoms with Crippen LogP contribution in [0.25, 0.3) is 0 Å². The van der Waals surface area contributed by atoms with E-state index >= 15 is 0 Å². The molecule has 0 spiro atoms. The Bertz CT molecular complexity index is 598. The highest BCUT2D eigenvalue weighted by Gasteiger charge is 2.27. The molecule has 3 N–H and O–H groups in total. The van der Waals surface area contributed by atoms with Gasteiger partial charge in [0.2, 0.25) is 0 Å². The fourth-order valence-electron chi connectivity index (χ4n) is 5.42. The molecule has 0 amide bonds. The van der Waals surface area contributed by atoms with Crippen LogP contribution in [0.4, 0.5) is 0 Å². The lowest BCUT2D eigenvalue weighted by Crippen LogP contribution is -2.51. The average molecular weight is 555 g/mol. The molecular weight excluding hydrogens is 494 g/mol. The van der Waals surface area contributed by atoms with Crippen molar-refractivity contribution in [2.75, 3.05) is 26.2 Å². The minimum atomic E-state index is -0.825. The van der Waals surface area contributed by atoms with E-state index in [0.29, 0.717) is 43.4 Å². The maximum atomic E-state index is 11.1. The summed E-state index contributed by atoms with van der Waals surface area (Å²) in [6, 6.07) is 0. The third kappa shape index (κ3) is 26.1. The Balaban J connectivity index is 4.18. The SMILES string of the molecule is CCCCCC/C=C/CCCCCCCCCCCC[N+](CCCC(=O)O)(CCCC(=O)O)CCCC(=O)O. The van der Waals surface area contributed by atoms with E-state index in [1.54, 1.807) is 0 Å². The van der Waals surface area contributed by atoms with Gasteiger partial charge in [-0.2, -0.15) is 0 Å². The summed E-state index contributed by atoms with van der Waals surface area (Å²) in [5.41, 5.74) is 0. The van der Waals surface area contributed by atoms with Gasteiger partial charge in [-0.3, -0.25) is 14.4 Å². The number of carboxylic acids is 3. The second-order valence-corrected chi connectivity index (χ2v) is 11.4. The van der Waals surface area contributed by atoms with Crippen molar-refractivity contribution in [1.29, 1.82) is 0 Å². The summed E-state index contributed by atoms with van der Waals surface area (Å²) in [7, 11) is 0. The van der Waals surface area contributed by atoms with Crippen molar-refractivity contribution >= 4 is 17.9 Å². The van der Waals surface area contributed by atoms with E-state index in [1.807, 2.05) is 0 Å². The number of carboxylic acid groups (broad SMARTS) is 3. The number of quaternary nitrogens is 1. The molecule has 0 aromatic carbocycles. The zero-order chi connectivity index (χ0) is 29.0. The van der Waals surface area contributed by atoms with Crippen molar-refractivity contribution in [1.82, 2.24) is 0 Å². The van der Waals surface area contributed by atoms with Crippen LogP contribution in [0, 0.1) is 0 Å². The summed E-state index contributed by atoms with van der Waals surface area (Å²) < 4.78 is 0.641. The fraction of sp³-hybridized carbons (Fsp3) is 0.844. The van der Waals surface area contributed by atoms with Crippen molar-refractivity contribution in [3.8, 4) is 0 Å². The molecule has 0 aromatic heterocycles. The van der Waals surface area contributed by atoms with Gasteiger partial charge in [-0.15, -0.1) is 0 Å². The Labute approximate surface area is 238 Å². The van der Waals surface area contributed by atoms with Crippen LogP contribution in [0.1, 0.15) is 148 Å². The Morgan fingerprint density at radius 1 is 0.462 bits per heavy atom. The molecule has 0 rings (SSSR count). The molecule has 0 bridgehead atoms. The largest absolute Gasteiger partial charge is 0.481 e. The highest BCUT2D eigenvalue weighted by Crippen LogP contribution is 2.19. The van der Waals surface area contributed by atoms with Crippen molar-refractivity contribution < 1.29 is 34.2 Å². The van der Waals surface area contributed by atoms with Gasteiger partial charge in [0, 0.05) is 19.3 Å². The van der Waals surface area contributed by atoms with Crippen LogP contribution in [0.2, 0.25) is 0 Å². The summed E-state index contributed by atoms with van der Waals surface area (Å²) in [6.07, 6.45) is 26.8. The first-order valence-corrected chi connectivity index (χ1v) is 16.0. The average Bonchev–Trinajstić information content (AvgIpc) is 2.87. The standard InChI is InChI=1S/C32H59NO6/c1-2-3-4-5-6-7-8-9-10-11-12-13-14-15-16-17-18-19-26-33(27-20-23-30(34)35,28-21-24-31(36)37)29-22-25-32(38)39/h7-8H,2-6,9-29H2,1H3,(H2-,34,35,36,37,38,39)/p+1/b8-7+. The first-order valence-electron chi connectivity index (χ1n) is 16.0. The molecule has 7 nitrogen and oxygen atoms in total. The summed E-state index contributed by atoms with van der Waals surface area (Å²) in [6.45, 7) is 5.12. The molecule has 0 aliphatic carbocycles. The van der Waals surface area contributed by atoms with E-state index in [2.05, 4.69) is 19.1 Å². The number of hydrogen-bond acceptors (Lipinski definition) is 3. The second-order valence-electron chi connectivity index (χ2n) is 11.4. The van der Waals surface area contributed by atoms with Gasteiger partial charge in [0.1, 0.15) is 0 Å². The lowest BCUT2D eigenvalue weighted by Gasteiger charge is -2.39. The maximum absolute atomic E-state index is 11.1. The van der Waals surface area contributed by atoms with Crippen molar-refractivity contribution in [2.45, 2.75) is 148 Å². The normalized spacial score (nSPS) is 11.8. The Morgan fingerprint density at radius 2 is 0.769 bits per heavy atom. The molecule has 0 fully saturated rings. The van der Waals surface area contributed by atoms with Crippen molar-refractivity contribution in [3.05, 3.63) is 12.2 Å². The van der Waals surface area contributed by atoms with Crippen molar-refractivity contribution in [3.63, 3.8) is 0 Å². The molecule has 0 aliphatic rings. The molecule has 0 aliphatic heterocycles. The molecule has 0 heterocycles. The van der Waals surface area contributed by atoms with Gasteiger partial charge in [0.25, 0.3) is 0 Å². The lowest BCUT2D eigenvalue weighted by molar-refractivity contribution is -0.929. The predicted octanol–water partition coefficient (Wildman–Crippen LogP) is 8.22. The first kappa shape index (κ1) is 37.1. The Kier molecular flexibility index (Phi) is 25.1. The predicted molar refractivity (Wildman–Crippen MR) is 159 cm³/mol. The van der Waals surface area contributed by atoms with E-state index in [9.17, 15) is 14.4 Å². The number of rotatable bonds is 30. The zero-order valence-corrected chi connectivity index (χ0v) is 25.1. The van der Waals surface area contributed by atoms with Gasteiger partial charge in [-0.25, -0.2) is 0 Å². The maximum Gasteiger partial charge on any atom is 0.303 e. The lowest BCUT2D eigenvalue weighted by atomic mass is 10.0. The number of hydrogen-bond donors (Lipinski definition) is 3. The van der Waals surface area contributed by atoms with Gasteiger partial charge in [0.15, 0.2) is 0 Å². The minimum Gasteiger partial charge on any atom is -0.481 e. The quantitative estimate of drug-likeness (QED) is 0.0468. The number of aliphatic carboxylic acids is 3. The highest BCUT2D eigenvalue weighted by atomic mass is 16.4. The molecule has 0 aromatic rings. The van der Waals surface area contributed by atoms with Gasteiger partial charge in [-0.05, 0) is 38.5 Å². The van der Waals surface area contributed by atoms with Crippen LogP contribution < -0.4 is 0 Å². The third-order valence-corrected chi connectivity index (χ3v) is 7.71. The smallest absolute Gasteiger partial charge is 0.303 e. The molecule has 7 heteroatoms. The topological polar surface area (TPSA) is 112 Å². The van der Waals surface area contributed by atoms with Crippen LogP contribution >= 0.6 is 0 Å².